The number of allylic oxidation sites excluding steroid dienone is 1. The Morgan fingerprint density at radius 1 is 1.21 bits per heavy atom. The minimum Gasteiger partial charge on any atom is -0.451 e. The van der Waals surface area contributed by atoms with Crippen molar-refractivity contribution in [3.63, 3.8) is 0 Å². The summed E-state index contributed by atoms with van der Waals surface area (Å²) in [6.45, 7) is 0.940. The Labute approximate surface area is 179 Å². The van der Waals surface area contributed by atoms with Crippen LogP contribution in [0.3, 0.4) is 0 Å². The van der Waals surface area contributed by atoms with Crippen molar-refractivity contribution in [2.24, 2.45) is 0 Å². The highest BCUT2D eigenvalue weighted by Crippen LogP contribution is 2.27. The van der Waals surface area contributed by atoms with Gasteiger partial charge in [0.15, 0.2) is 6.61 Å². The van der Waals surface area contributed by atoms with Gasteiger partial charge in [-0.15, -0.1) is 11.3 Å². The second-order valence-electron chi connectivity index (χ2n) is 6.91. The standard InChI is InChI=1S/C19H26N2O5S3/c22-17(20-8-6-15-4-2-1-3-5-15)14-26-19(23)18-16(7-11-28-18)29(24,25)21-9-12-27-13-10-21/h4,7,11H,1-3,5-6,8-10,12-14H2,(H,20,22). The van der Waals surface area contributed by atoms with Gasteiger partial charge < -0.3 is 10.1 Å². The minimum atomic E-state index is -3.74. The number of amides is 1. The highest BCUT2D eigenvalue weighted by molar-refractivity contribution is 7.99. The number of esters is 1. The van der Waals surface area contributed by atoms with Gasteiger partial charge in [0.05, 0.1) is 0 Å². The van der Waals surface area contributed by atoms with E-state index in [0.29, 0.717) is 19.6 Å². The molecule has 1 aliphatic heterocycles. The normalized spacial score (nSPS) is 18.1. The van der Waals surface area contributed by atoms with Gasteiger partial charge in [-0.05, 0) is 43.6 Å². The second-order valence-corrected chi connectivity index (χ2v) is 11.0. The average Bonchev–Trinajstić information content (AvgIpc) is 3.24. The van der Waals surface area contributed by atoms with E-state index in [9.17, 15) is 18.0 Å². The molecule has 1 saturated heterocycles. The molecule has 1 amide bonds. The Morgan fingerprint density at radius 2 is 2.00 bits per heavy atom. The number of thioether (sulfide) groups is 1. The first-order valence-electron chi connectivity index (χ1n) is 9.75. The molecule has 0 saturated carbocycles. The Hall–Kier alpha value is -1.36. The summed E-state index contributed by atoms with van der Waals surface area (Å²) >= 11 is 2.72. The fraction of sp³-hybridized carbons (Fsp3) is 0.579. The zero-order valence-corrected chi connectivity index (χ0v) is 18.7. The van der Waals surface area contributed by atoms with Gasteiger partial charge in [-0.2, -0.15) is 16.1 Å². The van der Waals surface area contributed by atoms with Gasteiger partial charge in [-0.25, -0.2) is 13.2 Å². The molecule has 0 unspecified atom stereocenters. The lowest BCUT2D eigenvalue weighted by molar-refractivity contribution is -0.124. The summed E-state index contributed by atoms with van der Waals surface area (Å²) in [6, 6.07) is 1.43. The molecule has 0 spiro atoms. The maximum Gasteiger partial charge on any atom is 0.350 e. The number of carbonyl (C=O) groups excluding carboxylic acids is 2. The van der Waals surface area contributed by atoms with Crippen molar-refractivity contribution in [1.29, 1.82) is 0 Å². The Kier molecular flexibility index (Phi) is 8.16. The predicted octanol–water partition coefficient (Wildman–Crippen LogP) is 2.65. The van der Waals surface area contributed by atoms with Crippen molar-refractivity contribution in [3.05, 3.63) is 28.0 Å². The zero-order valence-electron chi connectivity index (χ0n) is 16.2. The first-order valence-corrected chi connectivity index (χ1v) is 13.2. The quantitative estimate of drug-likeness (QED) is 0.476. The summed E-state index contributed by atoms with van der Waals surface area (Å²) in [6.07, 6.45) is 7.64. The molecule has 1 aromatic heterocycles. The molecule has 0 aromatic carbocycles. The van der Waals surface area contributed by atoms with Crippen LogP contribution in [-0.4, -0.2) is 62.3 Å². The Bertz CT molecular complexity index is 857. The molecule has 1 fully saturated rings. The Morgan fingerprint density at radius 3 is 2.72 bits per heavy atom. The van der Waals surface area contributed by atoms with Crippen molar-refractivity contribution >= 4 is 45.0 Å². The van der Waals surface area contributed by atoms with Gasteiger partial charge in [-0.1, -0.05) is 11.6 Å². The number of hydrogen-bond donors (Lipinski definition) is 1. The summed E-state index contributed by atoms with van der Waals surface area (Å²) in [7, 11) is -3.74. The predicted molar refractivity (Wildman–Crippen MR) is 115 cm³/mol. The molecule has 2 heterocycles. The summed E-state index contributed by atoms with van der Waals surface area (Å²) < 4.78 is 32.1. The number of hydrogen-bond acceptors (Lipinski definition) is 7. The van der Waals surface area contributed by atoms with E-state index in [2.05, 4.69) is 11.4 Å². The van der Waals surface area contributed by atoms with Crippen LogP contribution in [-0.2, 0) is 19.6 Å². The lowest BCUT2D eigenvalue weighted by Crippen LogP contribution is -2.38. The molecule has 0 radical (unpaired) electrons. The maximum atomic E-state index is 12.8. The monoisotopic (exact) mass is 458 g/mol. The van der Waals surface area contributed by atoms with Gasteiger partial charge in [0.1, 0.15) is 9.77 Å². The van der Waals surface area contributed by atoms with Crippen molar-refractivity contribution in [1.82, 2.24) is 9.62 Å². The highest BCUT2D eigenvalue weighted by atomic mass is 32.2. The summed E-state index contributed by atoms with van der Waals surface area (Å²) in [5.74, 6) is 0.305. The molecule has 29 heavy (non-hydrogen) atoms. The molecule has 160 valence electrons. The van der Waals surface area contributed by atoms with Crippen LogP contribution in [0.25, 0.3) is 0 Å². The fourth-order valence-electron chi connectivity index (χ4n) is 3.32. The van der Waals surface area contributed by atoms with E-state index in [4.69, 9.17) is 4.74 Å². The molecular weight excluding hydrogens is 432 g/mol. The van der Waals surface area contributed by atoms with E-state index in [-0.39, 0.29) is 15.7 Å². The number of nitrogens with zero attached hydrogens (tertiary/aromatic N) is 1. The zero-order chi connectivity index (χ0) is 20.7. The molecule has 3 rings (SSSR count). The van der Waals surface area contributed by atoms with E-state index in [1.165, 1.54) is 28.8 Å². The van der Waals surface area contributed by atoms with E-state index in [1.807, 2.05) is 0 Å². The SMILES string of the molecule is O=C(COC(=O)c1sccc1S(=O)(=O)N1CCSCC1)NCCC1=CCCCC1. The molecule has 1 aliphatic carbocycles. The molecule has 2 aliphatic rings. The topological polar surface area (TPSA) is 92.8 Å². The lowest BCUT2D eigenvalue weighted by atomic mass is 9.97. The summed E-state index contributed by atoms with van der Waals surface area (Å²) in [4.78, 5) is 24.3. The number of sulfonamides is 1. The molecule has 7 nitrogen and oxygen atoms in total. The third kappa shape index (κ3) is 6.07. The molecule has 0 atom stereocenters. The minimum absolute atomic E-state index is 0.0170. The maximum absolute atomic E-state index is 12.8. The van der Waals surface area contributed by atoms with Crippen LogP contribution in [0.4, 0.5) is 0 Å². The van der Waals surface area contributed by atoms with Crippen molar-refractivity contribution in [2.75, 3.05) is 37.7 Å². The first-order chi connectivity index (χ1) is 14.0. The van der Waals surface area contributed by atoms with Gasteiger partial charge in [-0.3, -0.25) is 4.79 Å². The number of ether oxygens (including phenoxy) is 1. The molecule has 1 aromatic rings. The van der Waals surface area contributed by atoms with E-state index in [0.717, 1.165) is 42.1 Å². The number of thiophene rings is 1. The fourth-order valence-corrected chi connectivity index (χ4v) is 7.18. The smallest absolute Gasteiger partial charge is 0.350 e. The summed E-state index contributed by atoms with van der Waals surface area (Å²) in [5.41, 5.74) is 1.36. The van der Waals surface area contributed by atoms with Crippen LogP contribution in [0.5, 0.6) is 0 Å². The van der Waals surface area contributed by atoms with Gasteiger partial charge in [0.25, 0.3) is 5.91 Å². The lowest BCUT2D eigenvalue weighted by Gasteiger charge is -2.25. The third-order valence-electron chi connectivity index (χ3n) is 4.89. The number of rotatable bonds is 8. The Balaban J connectivity index is 1.50. The third-order valence-corrected chi connectivity index (χ3v) is 8.80. The van der Waals surface area contributed by atoms with Crippen molar-refractivity contribution in [2.45, 2.75) is 37.0 Å². The average molecular weight is 459 g/mol. The number of carbonyl (C=O) groups is 2. The van der Waals surface area contributed by atoms with E-state index in [1.54, 1.807) is 17.1 Å². The van der Waals surface area contributed by atoms with Gasteiger partial charge in [0, 0.05) is 31.1 Å². The van der Waals surface area contributed by atoms with Gasteiger partial charge in [0.2, 0.25) is 10.0 Å². The van der Waals surface area contributed by atoms with E-state index < -0.39 is 22.6 Å². The first kappa shape index (κ1) is 22.3. The highest BCUT2D eigenvalue weighted by Gasteiger charge is 2.31. The van der Waals surface area contributed by atoms with Crippen LogP contribution in [0, 0.1) is 0 Å². The molecule has 10 heteroatoms. The van der Waals surface area contributed by atoms with E-state index >= 15 is 0 Å². The molecule has 0 bridgehead atoms. The van der Waals surface area contributed by atoms with Crippen molar-refractivity contribution in [3.8, 4) is 0 Å². The van der Waals surface area contributed by atoms with Crippen molar-refractivity contribution < 1.29 is 22.7 Å². The van der Waals surface area contributed by atoms with Gasteiger partial charge >= 0.3 is 5.97 Å². The number of nitrogens with one attached hydrogen (secondary N) is 1. The molecule has 1 N–H and O–H groups in total. The van der Waals surface area contributed by atoms with Crippen LogP contribution >= 0.6 is 23.1 Å². The van der Waals surface area contributed by atoms with Crippen LogP contribution in [0.15, 0.2) is 28.0 Å². The second kappa shape index (κ2) is 10.6. The largest absolute Gasteiger partial charge is 0.451 e. The van der Waals surface area contributed by atoms with Crippen LogP contribution in [0.2, 0.25) is 0 Å². The van der Waals surface area contributed by atoms with Crippen LogP contribution < -0.4 is 5.32 Å². The van der Waals surface area contributed by atoms with Crippen LogP contribution in [0.1, 0.15) is 41.8 Å². The summed E-state index contributed by atoms with van der Waals surface area (Å²) in [5, 5.41) is 4.30. The molecular formula is C19H26N2O5S3.